The first-order chi connectivity index (χ1) is 12.1. The number of aromatic nitrogens is 2. The molecule has 5 heteroatoms. The number of ether oxygens (including phenoxy) is 1. The van der Waals surface area contributed by atoms with Crippen molar-refractivity contribution in [1.82, 2.24) is 9.55 Å². The van der Waals surface area contributed by atoms with Crippen LogP contribution in [0.1, 0.15) is 17.0 Å². The molecule has 0 atom stereocenters. The van der Waals surface area contributed by atoms with Crippen molar-refractivity contribution in [2.24, 2.45) is 0 Å². The van der Waals surface area contributed by atoms with Crippen LogP contribution in [0, 0.1) is 26.2 Å². The van der Waals surface area contributed by atoms with Gasteiger partial charge in [-0.2, -0.15) is 0 Å². The van der Waals surface area contributed by atoms with E-state index in [4.69, 9.17) is 16.1 Å². The Morgan fingerprint density at radius 3 is 2.80 bits per heavy atom. The fraction of sp³-hybridized carbons (Fsp3) is 0.300. The quantitative estimate of drug-likeness (QED) is 0.660. The van der Waals surface area contributed by atoms with Gasteiger partial charge in [-0.15, -0.1) is 17.8 Å². The Balaban J connectivity index is 2.25. The average Bonchev–Trinajstić information content (AvgIpc) is 3.00. The van der Waals surface area contributed by atoms with E-state index >= 15 is 0 Å². The molecule has 0 radical (unpaired) electrons. The molecule has 3 aromatic rings. The smallest absolute Gasteiger partial charge is 0.263 e. The van der Waals surface area contributed by atoms with E-state index in [9.17, 15) is 4.79 Å². The Morgan fingerprint density at radius 1 is 1.32 bits per heavy atom. The van der Waals surface area contributed by atoms with Gasteiger partial charge in [0.2, 0.25) is 0 Å². The lowest BCUT2D eigenvalue weighted by Gasteiger charge is -2.11. The van der Waals surface area contributed by atoms with Crippen molar-refractivity contribution in [3.05, 3.63) is 50.9 Å². The molecule has 1 aromatic carbocycles. The van der Waals surface area contributed by atoms with Crippen LogP contribution < -0.4 is 5.56 Å². The fourth-order valence-corrected chi connectivity index (χ4v) is 3.97. The zero-order valence-corrected chi connectivity index (χ0v) is 15.4. The zero-order valence-electron chi connectivity index (χ0n) is 14.6. The Labute approximate surface area is 151 Å². The van der Waals surface area contributed by atoms with Crippen molar-refractivity contribution in [2.75, 3.05) is 13.7 Å². The molecule has 0 amide bonds. The van der Waals surface area contributed by atoms with E-state index in [1.165, 1.54) is 16.9 Å². The highest BCUT2D eigenvalue weighted by atomic mass is 32.1. The first-order valence-corrected chi connectivity index (χ1v) is 8.95. The molecule has 0 unspecified atom stereocenters. The molecule has 2 aromatic heterocycles. The third-order valence-corrected chi connectivity index (χ3v) is 5.10. The lowest BCUT2D eigenvalue weighted by Crippen LogP contribution is -2.25. The molecule has 128 valence electrons. The summed E-state index contributed by atoms with van der Waals surface area (Å²) in [4.78, 5) is 18.6. The number of aryl methyl sites for hydroxylation is 2. The van der Waals surface area contributed by atoms with Crippen molar-refractivity contribution in [1.29, 1.82) is 0 Å². The van der Waals surface area contributed by atoms with Gasteiger partial charge in [0.1, 0.15) is 10.7 Å². The van der Waals surface area contributed by atoms with E-state index in [0.717, 1.165) is 21.5 Å². The maximum absolute atomic E-state index is 13.1. The van der Waals surface area contributed by atoms with Crippen LogP contribution in [0.25, 0.3) is 21.3 Å². The molecule has 0 fully saturated rings. The van der Waals surface area contributed by atoms with Crippen LogP contribution in [0.15, 0.2) is 28.4 Å². The molecule has 0 saturated carbocycles. The lowest BCUT2D eigenvalue weighted by molar-refractivity contribution is 0.199. The molecule has 0 aliphatic carbocycles. The van der Waals surface area contributed by atoms with Crippen LogP contribution in [0.3, 0.4) is 0 Å². The minimum absolute atomic E-state index is 0.0784. The SMILES string of the molecule is C#CCn1c(CCOC)nc2scc(-c3ccc(C)cc3C)c2c1=O. The monoisotopic (exact) mass is 352 g/mol. The number of terminal acetylenes is 1. The number of rotatable bonds is 5. The molecule has 4 nitrogen and oxygen atoms in total. The highest BCUT2D eigenvalue weighted by molar-refractivity contribution is 7.17. The topological polar surface area (TPSA) is 44.1 Å². The van der Waals surface area contributed by atoms with Crippen LogP contribution in [0.2, 0.25) is 0 Å². The predicted octanol–water partition coefficient (Wildman–Crippen LogP) is 3.56. The molecular weight excluding hydrogens is 332 g/mol. The molecule has 0 saturated heterocycles. The Morgan fingerprint density at radius 2 is 2.12 bits per heavy atom. The largest absolute Gasteiger partial charge is 0.384 e. The van der Waals surface area contributed by atoms with Gasteiger partial charge >= 0.3 is 0 Å². The maximum atomic E-state index is 13.1. The summed E-state index contributed by atoms with van der Waals surface area (Å²) in [5.74, 6) is 3.23. The van der Waals surface area contributed by atoms with Gasteiger partial charge in [-0.3, -0.25) is 9.36 Å². The second-order valence-electron chi connectivity index (χ2n) is 6.01. The first-order valence-electron chi connectivity index (χ1n) is 8.07. The van der Waals surface area contributed by atoms with E-state index in [-0.39, 0.29) is 12.1 Å². The number of hydrogen-bond donors (Lipinski definition) is 0. The molecule has 25 heavy (non-hydrogen) atoms. The van der Waals surface area contributed by atoms with Crippen molar-refractivity contribution >= 4 is 21.6 Å². The predicted molar refractivity (Wildman–Crippen MR) is 103 cm³/mol. The minimum atomic E-state index is -0.0784. The summed E-state index contributed by atoms with van der Waals surface area (Å²) in [6.45, 7) is 4.83. The van der Waals surface area contributed by atoms with Gasteiger partial charge in [0.05, 0.1) is 18.5 Å². The van der Waals surface area contributed by atoms with Gasteiger partial charge in [-0.1, -0.05) is 29.7 Å². The van der Waals surface area contributed by atoms with Gasteiger partial charge in [0, 0.05) is 24.5 Å². The van der Waals surface area contributed by atoms with Crippen LogP contribution in [-0.2, 0) is 17.7 Å². The molecular formula is C20H20N2O2S. The summed E-state index contributed by atoms with van der Waals surface area (Å²) in [5, 5.41) is 2.66. The molecule has 0 aliphatic heterocycles. The van der Waals surface area contributed by atoms with Gasteiger partial charge in [0.15, 0.2) is 0 Å². The molecule has 0 spiro atoms. The fourth-order valence-electron chi connectivity index (χ4n) is 3.02. The number of thiophene rings is 1. The van der Waals surface area contributed by atoms with Gasteiger partial charge in [0.25, 0.3) is 5.56 Å². The zero-order chi connectivity index (χ0) is 18.0. The Hall–Kier alpha value is -2.42. The minimum Gasteiger partial charge on any atom is -0.384 e. The summed E-state index contributed by atoms with van der Waals surface area (Å²) in [5.41, 5.74) is 4.26. The normalized spacial score (nSPS) is 11.0. The van der Waals surface area contributed by atoms with Gasteiger partial charge < -0.3 is 4.74 Å². The second-order valence-corrected chi connectivity index (χ2v) is 6.87. The summed E-state index contributed by atoms with van der Waals surface area (Å²) in [6.07, 6.45) is 6.03. The average molecular weight is 352 g/mol. The highest BCUT2D eigenvalue weighted by Crippen LogP contribution is 2.33. The van der Waals surface area contributed by atoms with E-state index in [0.29, 0.717) is 24.2 Å². The van der Waals surface area contributed by atoms with E-state index in [1.807, 2.05) is 5.38 Å². The number of methoxy groups -OCH3 is 1. The number of fused-ring (bicyclic) bond motifs is 1. The van der Waals surface area contributed by atoms with Crippen molar-refractivity contribution < 1.29 is 4.74 Å². The van der Waals surface area contributed by atoms with Crippen LogP contribution >= 0.6 is 11.3 Å². The summed E-state index contributed by atoms with van der Waals surface area (Å²) < 4.78 is 6.71. The van der Waals surface area contributed by atoms with E-state index in [2.05, 4.69) is 38.0 Å². The van der Waals surface area contributed by atoms with E-state index in [1.54, 1.807) is 11.7 Å². The maximum Gasteiger partial charge on any atom is 0.263 e. The van der Waals surface area contributed by atoms with Crippen LogP contribution in [0.4, 0.5) is 0 Å². The summed E-state index contributed by atoms with van der Waals surface area (Å²) in [7, 11) is 1.63. The van der Waals surface area contributed by atoms with Gasteiger partial charge in [-0.05, 0) is 25.0 Å². The third-order valence-electron chi connectivity index (χ3n) is 4.22. The van der Waals surface area contributed by atoms with E-state index < -0.39 is 0 Å². The van der Waals surface area contributed by atoms with Crippen molar-refractivity contribution in [3.8, 4) is 23.5 Å². The molecule has 0 bridgehead atoms. The van der Waals surface area contributed by atoms with Crippen LogP contribution in [-0.4, -0.2) is 23.3 Å². The standard InChI is InChI=1S/C20H20N2O2S/c1-5-9-22-17(8-10-24-4)21-19-18(20(22)23)16(12-25-19)15-7-6-13(2)11-14(15)3/h1,6-7,11-12H,8-10H2,2-4H3. The van der Waals surface area contributed by atoms with Crippen molar-refractivity contribution in [2.45, 2.75) is 26.8 Å². The van der Waals surface area contributed by atoms with Crippen molar-refractivity contribution in [3.63, 3.8) is 0 Å². The number of nitrogens with zero attached hydrogens (tertiary/aromatic N) is 2. The lowest BCUT2D eigenvalue weighted by atomic mass is 9.99. The molecule has 2 heterocycles. The third kappa shape index (κ3) is 3.23. The number of benzene rings is 1. The summed E-state index contributed by atoms with van der Waals surface area (Å²) in [6, 6.07) is 6.25. The van der Waals surface area contributed by atoms with Gasteiger partial charge in [-0.25, -0.2) is 4.98 Å². The first kappa shape index (κ1) is 17.4. The molecule has 0 aliphatic rings. The second kappa shape index (κ2) is 7.22. The Kier molecular flexibility index (Phi) is 5.03. The Bertz CT molecular complexity index is 1020. The number of hydrogen-bond acceptors (Lipinski definition) is 4. The molecule has 3 rings (SSSR count). The van der Waals surface area contributed by atoms with Crippen LogP contribution in [0.5, 0.6) is 0 Å². The molecule has 0 N–H and O–H groups in total. The highest BCUT2D eigenvalue weighted by Gasteiger charge is 2.17. The summed E-state index contributed by atoms with van der Waals surface area (Å²) >= 11 is 1.49.